The molecule has 0 aromatic rings. The van der Waals surface area contributed by atoms with E-state index < -0.39 is 18.4 Å². The predicted molar refractivity (Wildman–Crippen MR) is 44.4 cm³/mol. The van der Waals surface area contributed by atoms with Crippen LogP contribution < -0.4 is 0 Å². The molecular weight excluding hydrogens is 181 g/mol. The van der Waals surface area contributed by atoms with Crippen LogP contribution in [0.5, 0.6) is 0 Å². The first-order valence-corrected chi connectivity index (χ1v) is 4.47. The fraction of sp³-hybridized carbons (Fsp3) is 0.889. The van der Waals surface area contributed by atoms with Crippen LogP contribution in [0.4, 0.5) is 13.2 Å². The van der Waals surface area contributed by atoms with Crippen LogP contribution in [-0.4, -0.2) is 12.0 Å². The van der Waals surface area contributed by atoms with Crippen molar-refractivity contribution in [1.29, 1.82) is 0 Å². The Hall–Kier alpha value is -0.540. The van der Waals surface area contributed by atoms with E-state index in [1.165, 1.54) is 0 Å². The number of rotatable bonds is 5. The highest BCUT2D eigenvalue weighted by atomic mass is 19.4. The normalized spacial score (nSPS) is 12.2. The van der Waals surface area contributed by atoms with Gasteiger partial charge in [-0.15, -0.1) is 0 Å². The quantitative estimate of drug-likeness (QED) is 0.659. The van der Waals surface area contributed by atoms with Crippen molar-refractivity contribution >= 4 is 5.78 Å². The lowest BCUT2D eigenvalue weighted by molar-refractivity contribution is -0.152. The summed E-state index contributed by atoms with van der Waals surface area (Å²) in [6.07, 6.45) is -4.03. The molecule has 0 fully saturated rings. The number of carbonyl (C=O) groups excluding carboxylic acids is 1. The first-order chi connectivity index (χ1) is 5.89. The Morgan fingerprint density at radius 3 is 2.00 bits per heavy atom. The number of Topliss-reactive ketones (excluding diaryl/α,β-unsaturated/α-hetero) is 1. The molecule has 4 heteroatoms. The predicted octanol–water partition coefficient (Wildman–Crippen LogP) is 3.33. The second kappa shape index (κ2) is 5.25. The van der Waals surface area contributed by atoms with Gasteiger partial charge in [-0.2, -0.15) is 13.2 Å². The Morgan fingerprint density at radius 2 is 1.69 bits per heavy atom. The lowest BCUT2D eigenvalue weighted by atomic mass is 9.96. The van der Waals surface area contributed by atoms with Crippen molar-refractivity contribution in [2.75, 3.05) is 0 Å². The summed E-state index contributed by atoms with van der Waals surface area (Å²) in [5.41, 5.74) is 0. The van der Waals surface area contributed by atoms with Crippen LogP contribution >= 0.6 is 0 Å². The van der Waals surface area contributed by atoms with Gasteiger partial charge >= 0.3 is 6.18 Å². The molecule has 0 heterocycles. The zero-order chi connectivity index (χ0) is 10.5. The maximum absolute atomic E-state index is 11.7. The first-order valence-electron chi connectivity index (χ1n) is 4.47. The Labute approximate surface area is 76.3 Å². The standard InChI is InChI=1S/C9H15F3O/c1-3-7(4-2)5-8(13)6-9(10,11)12/h7H,3-6H2,1-2H3. The van der Waals surface area contributed by atoms with Crippen LogP contribution in [0.1, 0.15) is 39.5 Å². The number of carbonyl (C=O) groups is 1. The molecule has 13 heavy (non-hydrogen) atoms. The third-order valence-electron chi connectivity index (χ3n) is 2.07. The maximum atomic E-state index is 11.7. The summed E-state index contributed by atoms with van der Waals surface area (Å²) in [7, 11) is 0. The van der Waals surface area contributed by atoms with Gasteiger partial charge in [-0.3, -0.25) is 4.79 Å². The molecule has 0 saturated carbocycles. The van der Waals surface area contributed by atoms with Gasteiger partial charge in [-0.1, -0.05) is 26.7 Å². The monoisotopic (exact) mass is 196 g/mol. The molecule has 1 nitrogen and oxygen atoms in total. The molecule has 0 aliphatic carbocycles. The fourth-order valence-electron chi connectivity index (χ4n) is 1.20. The smallest absolute Gasteiger partial charge is 0.299 e. The zero-order valence-corrected chi connectivity index (χ0v) is 7.95. The third kappa shape index (κ3) is 6.61. The highest BCUT2D eigenvalue weighted by molar-refractivity contribution is 5.79. The van der Waals surface area contributed by atoms with Gasteiger partial charge in [0, 0.05) is 6.42 Å². The van der Waals surface area contributed by atoms with E-state index in [-0.39, 0.29) is 12.3 Å². The average Bonchev–Trinajstić information content (AvgIpc) is 1.96. The Balaban J connectivity index is 3.86. The van der Waals surface area contributed by atoms with E-state index in [0.717, 1.165) is 12.8 Å². The Morgan fingerprint density at radius 1 is 1.23 bits per heavy atom. The van der Waals surface area contributed by atoms with Gasteiger partial charge in [-0.05, 0) is 5.92 Å². The van der Waals surface area contributed by atoms with Crippen LogP contribution in [0.3, 0.4) is 0 Å². The van der Waals surface area contributed by atoms with Gasteiger partial charge in [-0.25, -0.2) is 0 Å². The van der Waals surface area contributed by atoms with Crippen molar-refractivity contribution in [1.82, 2.24) is 0 Å². The second-order valence-electron chi connectivity index (χ2n) is 3.22. The molecule has 0 rings (SSSR count). The van der Waals surface area contributed by atoms with Gasteiger partial charge in [0.2, 0.25) is 0 Å². The molecule has 0 N–H and O–H groups in total. The highest BCUT2D eigenvalue weighted by Crippen LogP contribution is 2.23. The Kier molecular flexibility index (Phi) is 5.03. The summed E-state index contributed by atoms with van der Waals surface area (Å²) in [5, 5.41) is 0. The minimum absolute atomic E-state index is 0.0620. The molecule has 0 radical (unpaired) electrons. The highest BCUT2D eigenvalue weighted by Gasteiger charge is 2.31. The topological polar surface area (TPSA) is 17.1 Å². The molecule has 0 aromatic heterocycles. The van der Waals surface area contributed by atoms with E-state index in [2.05, 4.69) is 0 Å². The second-order valence-corrected chi connectivity index (χ2v) is 3.22. The minimum Gasteiger partial charge on any atom is -0.299 e. The van der Waals surface area contributed by atoms with E-state index in [1.54, 1.807) is 0 Å². The van der Waals surface area contributed by atoms with Crippen molar-refractivity contribution in [2.24, 2.45) is 5.92 Å². The summed E-state index contributed by atoms with van der Waals surface area (Å²) in [5.74, 6) is -0.587. The summed E-state index contributed by atoms with van der Waals surface area (Å²) in [4.78, 5) is 10.9. The number of halogens is 3. The van der Waals surface area contributed by atoms with Gasteiger partial charge in [0.05, 0.1) is 0 Å². The summed E-state index contributed by atoms with van der Waals surface area (Å²) >= 11 is 0. The van der Waals surface area contributed by atoms with E-state index in [9.17, 15) is 18.0 Å². The van der Waals surface area contributed by atoms with Gasteiger partial charge in [0.15, 0.2) is 0 Å². The van der Waals surface area contributed by atoms with Gasteiger partial charge in [0.25, 0.3) is 0 Å². The molecule has 0 atom stereocenters. The van der Waals surface area contributed by atoms with E-state index in [0.29, 0.717) is 0 Å². The molecule has 0 spiro atoms. The molecule has 0 amide bonds. The van der Waals surface area contributed by atoms with Crippen molar-refractivity contribution in [3.8, 4) is 0 Å². The lowest BCUT2D eigenvalue weighted by Gasteiger charge is -2.11. The summed E-state index contributed by atoms with van der Waals surface area (Å²) in [6, 6.07) is 0. The number of hydrogen-bond acceptors (Lipinski definition) is 1. The largest absolute Gasteiger partial charge is 0.395 e. The fourth-order valence-corrected chi connectivity index (χ4v) is 1.20. The van der Waals surface area contributed by atoms with Crippen LogP contribution in [-0.2, 0) is 4.79 Å². The third-order valence-corrected chi connectivity index (χ3v) is 2.07. The molecule has 0 saturated heterocycles. The molecular formula is C9H15F3O. The molecule has 0 unspecified atom stereocenters. The number of ketones is 1. The maximum Gasteiger partial charge on any atom is 0.395 e. The average molecular weight is 196 g/mol. The Bertz CT molecular complexity index is 159. The van der Waals surface area contributed by atoms with Crippen LogP contribution in [0.2, 0.25) is 0 Å². The van der Waals surface area contributed by atoms with Crippen molar-refractivity contribution in [3.05, 3.63) is 0 Å². The summed E-state index contributed by atoms with van der Waals surface area (Å²) < 4.78 is 35.2. The van der Waals surface area contributed by atoms with Crippen LogP contribution in [0.15, 0.2) is 0 Å². The van der Waals surface area contributed by atoms with Crippen LogP contribution in [0.25, 0.3) is 0 Å². The number of hydrogen-bond donors (Lipinski definition) is 0. The van der Waals surface area contributed by atoms with Crippen molar-refractivity contribution in [2.45, 2.75) is 45.7 Å². The molecule has 0 aliphatic rings. The first kappa shape index (κ1) is 12.5. The molecule has 78 valence electrons. The van der Waals surface area contributed by atoms with E-state index >= 15 is 0 Å². The minimum atomic E-state index is -4.34. The number of alkyl halides is 3. The van der Waals surface area contributed by atoms with E-state index in [1.807, 2.05) is 13.8 Å². The summed E-state index contributed by atoms with van der Waals surface area (Å²) in [6.45, 7) is 3.77. The van der Waals surface area contributed by atoms with Gasteiger partial charge < -0.3 is 0 Å². The van der Waals surface area contributed by atoms with E-state index in [4.69, 9.17) is 0 Å². The molecule has 0 aliphatic heterocycles. The van der Waals surface area contributed by atoms with Crippen molar-refractivity contribution < 1.29 is 18.0 Å². The lowest BCUT2D eigenvalue weighted by Crippen LogP contribution is -2.17. The zero-order valence-electron chi connectivity index (χ0n) is 7.95. The van der Waals surface area contributed by atoms with Gasteiger partial charge in [0.1, 0.15) is 12.2 Å². The van der Waals surface area contributed by atoms with Crippen molar-refractivity contribution in [3.63, 3.8) is 0 Å². The SMILES string of the molecule is CCC(CC)CC(=O)CC(F)(F)F. The van der Waals surface area contributed by atoms with Crippen LogP contribution in [0, 0.1) is 5.92 Å². The molecule has 0 aromatic carbocycles. The molecule has 0 bridgehead atoms.